The molecule has 11 heteroatoms. The lowest BCUT2D eigenvalue weighted by molar-refractivity contribution is -0.135. The minimum atomic E-state index is -4.75. The molecule has 0 amide bonds. The second kappa shape index (κ2) is 9.03. The second-order valence-corrected chi connectivity index (χ2v) is 7.33. The summed E-state index contributed by atoms with van der Waals surface area (Å²) in [6, 6.07) is 7.47. The van der Waals surface area contributed by atoms with Crippen molar-refractivity contribution in [3.8, 4) is 17.0 Å². The molecule has 0 unspecified atom stereocenters. The molecule has 0 aliphatic rings. The Morgan fingerprint density at radius 1 is 1.16 bits per heavy atom. The molecular weight excluding hydrogens is 465 g/mol. The summed E-state index contributed by atoms with van der Waals surface area (Å²) in [4.78, 5) is 9.46. The molecule has 0 saturated heterocycles. The minimum Gasteiger partial charge on any atom is -0.483 e. The number of carbonyl (C=O) groups is 1. The van der Waals surface area contributed by atoms with E-state index in [1.165, 1.54) is 24.3 Å². The van der Waals surface area contributed by atoms with Crippen LogP contribution in [0.3, 0.4) is 0 Å². The summed E-state index contributed by atoms with van der Waals surface area (Å²) in [7, 11) is 0. The summed E-state index contributed by atoms with van der Waals surface area (Å²) in [5.74, 6) is -4.61. The molecule has 1 N–H and O–H groups in total. The van der Waals surface area contributed by atoms with Crippen LogP contribution in [0.2, 0.25) is 5.02 Å². The summed E-state index contributed by atoms with van der Waals surface area (Å²) in [5.41, 5.74) is -0.200. The highest BCUT2D eigenvalue weighted by Crippen LogP contribution is 2.40. The van der Waals surface area contributed by atoms with E-state index in [4.69, 9.17) is 21.4 Å². The van der Waals surface area contributed by atoms with E-state index in [0.717, 1.165) is 18.2 Å². The Morgan fingerprint density at radius 3 is 2.32 bits per heavy atom. The molecule has 31 heavy (non-hydrogen) atoms. The van der Waals surface area contributed by atoms with Gasteiger partial charge in [-0.15, -0.1) is 0 Å². The number of benzene rings is 2. The van der Waals surface area contributed by atoms with E-state index in [9.17, 15) is 26.7 Å². The maximum Gasteiger partial charge on any atom is 0.427 e. The highest BCUT2D eigenvalue weighted by Gasteiger charge is 2.38. The molecule has 0 bridgehead atoms. The first-order chi connectivity index (χ1) is 14.6. The lowest BCUT2D eigenvalue weighted by atomic mass is 10.1. The molecule has 0 atom stereocenters. The first kappa shape index (κ1) is 22.7. The van der Waals surface area contributed by atoms with Gasteiger partial charge in [-0.3, -0.25) is 0 Å². The number of rotatable bonds is 6. The lowest BCUT2D eigenvalue weighted by Gasteiger charge is -2.12. The summed E-state index contributed by atoms with van der Waals surface area (Å²) < 4.78 is 77.7. The van der Waals surface area contributed by atoms with Crippen LogP contribution in [-0.4, -0.2) is 15.4 Å². The molecule has 0 radical (unpaired) electrons. The van der Waals surface area contributed by atoms with Crippen molar-refractivity contribution in [2.45, 2.75) is 12.8 Å². The van der Waals surface area contributed by atoms with Crippen LogP contribution in [-0.2, 0) is 17.6 Å². The van der Waals surface area contributed by atoms with Crippen LogP contribution in [0.25, 0.3) is 17.3 Å². The Bertz CT molecular complexity index is 1120. The maximum absolute atomic E-state index is 14.3. The van der Waals surface area contributed by atoms with Gasteiger partial charge in [0.2, 0.25) is 0 Å². The van der Waals surface area contributed by atoms with E-state index in [0.29, 0.717) is 16.7 Å². The number of ether oxygens (including phenoxy) is 1. The van der Waals surface area contributed by atoms with Crippen molar-refractivity contribution in [3.05, 3.63) is 75.1 Å². The molecule has 0 aliphatic carbocycles. The Balaban J connectivity index is 1.95. The molecule has 4 nitrogen and oxygen atoms in total. The average molecular weight is 476 g/mol. The van der Waals surface area contributed by atoms with Crippen molar-refractivity contribution in [3.63, 3.8) is 0 Å². The standard InChI is InChI=1S/C20H11ClF5NO3S/c21-12-4-2-11(3-5-12)17-13(19(31-27-17)20(24,25)26)9-30-18-14(22)7-10(8-15(18)23)1-6-16(28)29/h1-8H,9H2,(H,28,29). The number of carboxylic acid groups (broad SMARTS) is 1. The summed E-state index contributed by atoms with van der Waals surface area (Å²) in [6.45, 7) is -0.804. The van der Waals surface area contributed by atoms with Crippen LogP contribution in [0, 0.1) is 11.6 Å². The number of alkyl halides is 3. The van der Waals surface area contributed by atoms with Gasteiger partial charge in [-0.1, -0.05) is 23.7 Å². The Hall–Kier alpha value is -2.98. The van der Waals surface area contributed by atoms with E-state index in [2.05, 4.69) is 4.37 Å². The van der Waals surface area contributed by atoms with Gasteiger partial charge in [0.1, 0.15) is 11.5 Å². The normalized spacial score (nSPS) is 11.8. The van der Waals surface area contributed by atoms with Crippen molar-refractivity contribution in [2.75, 3.05) is 0 Å². The number of hydrogen-bond donors (Lipinski definition) is 1. The quantitative estimate of drug-likeness (QED) is 0.329. The average Bonchev–Trinajstić information content (AvgIpc) is 3.10. The monoisotopic (exact) mass is 475 g/mol. The van der Waals surface area contributed by atoms with Crippen molar-refractivity contribution >= 4 is 35.2 Å². The third kappa shape index (κ3) is 5.39. The molecule has 0 aliphatic heterocycles. The number of carboxylic acids is 1. The van der Waals surface area contributed by atoms with E-state index in [1.54, 1.807) is 0 Å². The van der Waals surface area contributed by atoms with Gasteiger partial charge >= 0.3 is 12.1 Å². The van der Waals surface area contributed by atoms with Crippen molar-refractivity contribution in [1.29, 1.82) is 0 Å². The number of hydrogen-bond acceptors (Lipinski definition) is 4. The van der Waals surface area contributed by atoms with Crippen molar-refractivity contribution < 1.29 is 36.6 Å². The number of halogens is 6. The van der Waals surface area contributed by atoms with Gasteiger partial charge in [0.05, 0.1) is 5.69 Å². The molecule has 3 aromatic rings. The fourth-order valence-corrected chi connectivity index (χ4v) is 3.52. The van der Waals surface area contributed by atoms with E-state index < -0.39 is 41.0 Å². The fraction of sp³-hybridized carbons (Fsp3) is 0.100. The van der Waals surface area contributed by atoms with E-state index >= 15 is 0 Å². The zero-order valence-corrected chi connectivity index (χ0v) is 16.8. The predicted octanol–water partition coefficient (Wildman–Crippen LogP) is 6.44. The Morgan fingerprint density at radius 2 is 1.77 bits per heavy atom. The number of nitrogens with zero attached hydrogens (tertiary/aromatic N) is 1. The number of aliphatic carboxylic acids is 1. The summed E-state index contributed by atoms with van der Waals surface area (Å²) in [5, 5.41) is 8.95. The third-order valence-corrected chi connectivity index (χ3v) is 5.15. The molecule has 0 fully saturated rings. The number of aromatic nitrogens is 1. The van der Waals surface area contributed by atoms with Crippen LogP contribution in [0.1, 0.15) is 16.0 Å². The first-order valence-corrected chi connectivity index (χ1v) is 9.56. The largest absolute Gasteiger partial charge is 0.483 e. The molecule has 0 spiro atoms. The van der Waals surface area contributed by atoms with Gasteiger partial charge in [-0.2, -0.15) is 17.5 Å². The minimum absolute atomic E-state index is 0.0455. The van der Waals surface area contributed by atoms with Crippen LogP contribution < -0.4 is 4.74 Å². The molecule has 1 aromatic heterocycles. The molecule has 2 aromatic carbocycles. The predicted molar refractivity (Wildman–Crippen MR) is 105 cm³/mol. The van der Waals surface area contributed by atoms with E-state index in [-0.39, 0.29) is 28.4 Å². The molecule has 1 heterocycles. The first-order valence-electron chi connectivity index (χ1n) is 8.41. The topological polar surface area (TPSA) is 59.4 Å². The third-order valence-electron chi connectivity index (χ3n) is 3.96. The summed E-state index contributed by atoms with van der Waals surface area (Å²) >= 11 is 6.00. The zero-order chi connectivity index (χ0) is 22.8. The second-order valence-electron chi connectivity index (χ2n) is 6.12. The van der Waals surface area contributed by atoms with Gasteiger partial charge in [-0.05, 0) is 47.4 Å². The zero-order valence-electron chi connectivity index (χ0n) is 15.2. The maximum atomic E-state index is 14.3. The molecule has 0 saturated carbocycles. The highest BCUT2D eigenvalue weighted by atomic mass is 35.5. The highest BCUT2D eigenvalue weighted by molar-refractivity contribution is 7.06. The Labute approximate surface area is 181 Å². The van der Waals surface area contributed by atoms with Gasteiger partial charge in [0.25, 0.3) is 0 Å². The smallest absolute Gasteiger partial charge is 0.427 e. The molecule has 3 rings (SSSR count). The van der Waals surface area contributed by atoms with Crippen molar-refractivity contribution in [2.24, 2.45) is 0 Å². The van der Waals surface area contributed by atoms with Crippen LogP contribution in [0.4, 0.5) is 22.0 Å². The van der Waals surface area contributed by atoms with Gasteiger partial charge < -0.3 is 9.84 Å². The summed E-state index contributed by atoms with van der Waals surface area (Å²) in [6.07, 6.45) is -3.11. The van der Waals surface area contributed by atoms with Gasteiger partial charge in [0, 0.05) is 22.2 Å². The molecular formula is C20H11ClF5NO3S. The SMILES string of the molecule is O=C(O)C=Cc1cc(F)c(OCc2c(-c3ccc(Cl)cc3)nsc2C(F)(F)F)c(F)c1. The van der Waals surface area contributed by atoms with Crippen molar-refractivity contribution in [1.82, 2.24) is 4.37 Å². The van der Waals surface area contributed by atoms with E-state index in [1.807, 2.05) is 0 Å². The molecule has 162 valence electrons. The lowest BCUT2D eigenvalue weighted by Crippen LogP contribution is -2.09. The van der Waals surface area contributed by atoms with Gasteiger partial charge in [-0.25, -0.2) is 13.6 Å². The Kier molecular flexibility index (Phi) is 6.61. The van der Waals surface area contributed by atoms with Crippen LogP contribution in [0.5, 0.6) is 5.75 Å². The van der Waals surface area contributed by atoms with Crippen LogP contribution >= 0.6 is 23.1 Å². The van der Waals surface area contributed by atoms with Crippen LogP contribution in [0.15, 0.2) is 42.5 Å². The van der Waals surface area contributed by atoms with Gasteiger partial charge in [0.15, 0.2) is 17.4 Å². The fourth-order valence-electron chi connectivity index (χ4n) is 2.63.